The Hall–Kier alpha value is -2.60. The summed E-state index contributed by atoms with van der Waals surface area (Å²) in [6, 6.07) is 16.2. The molecule has 6 heteroatoms. The Balaban J connectivity index is 1.47. The van der Waals surface area contributed by atoms with Gasteiger partial charge in [0.15, 0.2) is 0 Å². The fourth-order valence-electron chi connectivity index (χ4n) is 3.77. The summed E-state index contributed by atoms with van der Waals surface area (Å²) < 4.78 is 6.42. The number of likely N-dealkylation sites (tertiary alicyclic amines) is 1. The second kappa shape index (κ2) is 8.61. The Morgan fingerprint density at radius 3 is 2.79 bits per heavy atom. The molecule has 2 aromatic carbocycles. The second-order valence-electron chi connectivity index (χ2n) is 7.07. The molecule has 0 radical (unpaired) electrons. The van der Waals surface area contributed by atoms with Gasteiger partial charge in [0.25, 0.3) is 0 Å². The maximum Gasteiger partial charge on any atom is 0.318 e. The molecule has 1 aliphatic rings. The number of carbonyl (C=O) groups is 1. The number of ether oxygens (including phenoxy) is 1. The van der Waals surface area contributed by atoms with Gasteiger partial charge >= 0.3 is 6.03 Å². The highest BCUT2D eigenvalue weighted by Crippen LogP contribution is 2.31. The molecule has 3 aromatic rings. The predicted molar refractivity (Wildman–Crippen MR) is 113 cm³/mol. The number of nitrogens with one attached hydrogen (secondary N) is 1. The summed E-state index contributed by atoms with van der Waals surface area (Å²) in [5.41, 5.74) is 2.15. The number of aromatic nitrogens is 1. The maximum atomic E-state index is 13.0. The standard InChI is InChI=1S/C22H25N3O2S/c1-27-17-12-10-16(11-13-17)19-8-3-2-6-14-25(19)22(26)23-15-21-24-18-7-4-5-9-20(18)28-21/h4-5,7,9-13,19H,2-3,6,8,14-15H2,1H3,(H,23,26)/t19-/m0/s1. The van der Waals surface area contributed by atoms with Crippen molar-refractivity contribution in [1.82, 2.24) is 15.2 Å². The molecule has 2 heterocycles. The van der Waals surface area contributed by atoms with Crippen LogP contribution in [0.2, 0.25) is 0 Å². The second-order valence-corrected chi connectivity index (χ2v) is 8.18. The molecule has 146 valence electrons. The summed E-state index contributed by atoms with van der Waals surface area (Å²) >= 11 is 1.63. The smallest absolute Gasteiger partial charge is 0.318 e. The van der Waals surface area contributed by atoms with E-state index in [4.69, 9.17) is 4.74 Å². The molecule has 0 aliphatic carbocycles. The van der Waals surface area contributed by atoms with E-state index in [2.05, 4.69) is 28.5 Å². The highest BCUT2D eigenvalue weighted by Gasteiger charge is 2.26. The van der Waals surface area contributed by atoms with Crippen LogP contribution in [0.1, 0.15) is 42.3 Å². The van der Waals surface area contributed by atoms with Crippen molar-refractivity contribution in [2.75, 3.05) is 13.7 Å². The van der Waals surface area contributed by atoms with E-state index in [-0.39, 0.29) is 12.1 Å². The third-order valence-corrected chi connectivity index (χ3v) is 6.28. The minimum absolute atomic E-state index is 0.0121. The first-order valence-electron chi connectivity index (χ1n) is 9.77. The number of urea groups is 1. The lowest BCUT2D eigenvalue weighted by molar-refractivity contribution is 0.175. The molecule has 5 nitrogen and oxygen atoms in total. The van der Waals surface area contributed by atoms with Gasteiger partial charge in [0.1, 0.15) is 10.8 Å². The summed E-state index contributed by atoms with van der Waals surface area (Å²) in [6.07, 6.45) is 4.33. The van der Waals surface area contributed by atoms with Crippen LogP contribution in [0.15, 0.2) is 48.5 Å². The van der Waals surface area contributed by atoms with Crippen LogP contribution < -0.4 is 10.1 Å². The largest absolute Gasteiger partial charge is 0.497 e. The SMILES string of the molecule is COc1ccc([C@@H]2CCCCCN2C(=O)NCc2nc3ccccc3s2)cc1. The molecule has 0 spiro atoms. The number of thiazole rings is 1. The third-order valence-electron chi connectivity index (χ3n) is 5.24. The Bertz CT molecular complexity index is 905. The first kappa shape index (κ1) is 18.7. The molecule has 1 aromatic heterocycles. The van der Waals surface area contributed by atoms with Gasteiger partial charge in [-0.05, 0) is 42.7 Å². The molecule has 1 N–H and O–H groups in total. The third kappa shape index (κ3) is 4.12. The summed E-state index contributed by atoms with van der Waals surface area (Å²) in [5, 5.41) is 4.03. The van der Waals surface area contributed by atoms with Crippen molar-refractivity contribution in [1.29, 1.82) is 0 Å². The number of para-hydroxylation sites is 1. The molecule has 0 saturated carbocycles. The highest BCUT2D eigenvalue weighted by atomic mass is 32.1. The van der Waals surface area contributed by atoms with Crippen LogP contribution in [0.25, 0.3) is 10.2 Å². The van der Waals surface area contributed by atoms with Crippen LogP contribution in [0, 0.1) is 0 Å². The summed E-state index contributed by atoms with van der Waals surface area (Å²) in [4.78, 5) is 19.6. The number of fused-ring (bicyclic) bond motifs is 1. The van der Waals surface area contributed by atoms with E-state index in [1.807, 2.05) is 35.2 Å². The predicted octanol–water partition coefficient (Wildman–Crippen LogP) is 5.13. The molecule has 1 aliphatic heterocycles. The van der Waals surface area contributed by atoms with Crippen molar-refractivity contribution in [3.05, 3.63) is 59.1 Å². The minimum atomic E-state index is -0.0121. The van der Waals surface area contributed by atoms with Gasteiger partial charge in [0.05, 0.1) is 29.9 Å². The molecular formula is C22H25N3O2S. The molecule has 0 bridgehead atoms. The van der Waals surface area contributed by atoms with Crippen LogP contribution in [0.4, 0.5) is 4.79 Å². The molecule has 1 saturated heterocycles. The van der Waals surface area contributed by atoms with Gasteiger partial charge in [-0.3, -0.25) is 0 Å². The Morgan fingerprint density at radius 2 is 2.00 bits per heavy atom. The van der Waals surface area contributed by atoms with E-state index in [9.17, 15) is 4.79 Å². The molecule has 28 heavy (non-hydrogen) atoms. The number of hydrogen-bond acceptors (Lipinski definition) is 4. The zero-order valence-electron chi connectivity index (χ0n) is 16.1. The van der Waals surface area contributed by atoms with E-state index in [0.717, 1.165) is 58.8 Å². The van der Waals surface area contributed by atoms with Gasteiger partial charge < -0.3 is 15.0 Å². The summed E-state index contributed by atoms with van der Waals surface area (Å²) in [5.74, 6) is 0.837. The Kier molecular flexibility index (Phi) is 5.76. The van der Waals surface area contributed by atoms with Crippen LogP contribution in [0.3, 0.4) is 0 Å². The average Bonchev–Trinajstić information content (AvgIpc) is 2.99. The van der Waals surface area contributed by atoms with E-state index in [0.29, 0.717) is 6.54 Å². The lowest BCUT2D eigenvalue weighted by atomic mass is 10.0. The average molecular weight is 396 g/mol. The number of amides is 2. The van der Waals surface area contributed by atoms with Crippen molar-refractivity contribution < 1.29 is 9.53 Å². The molecular weight excluding hydrogens is 370 g/mol. The van der Waals surface area contributed by atoms with E-state index in [1.54, 1.807) is 18.4 Å². The molecule has 0 unspecified atom stereocenters. The van der Waals surface area contributed by atoms with E-state index >= 15 is 0 Å². The van der Waals surface area contributed by atoms with Crippen molar-refractivity contribution in [3.8, 4) is 5.75 Å². The molecule has 4 rings (SSSR count). The van der Waals surface area contributed by atoms with Gasteiger partial charge in [0.2, 0.25) is 0 Å². The summed E-state index contributed by atoms with van der Waals surface area (Å²) in [6.45, 7) is 1.24. The number of nitrogens with zero attached hydrogens (tertiary/aromatic N) is 2. The lowest BCUT2D eigenvalue weighted by Gasteiger charge is -2.30. The molecule has 2 amide bonds. The van der Waals surface area contributed by atoms with Crippen LogP contribution in [-0.2, 0) is 6.54 Å². The van der Waals surface area contributed by atoms with Gasteiger partial charge in [-0.15, -0.1) is 11.3 Å². The Morgan fingerprint density at radius 1 is 1.18 bits per heavy atom. The Labute approximate surface area is 169 Å². The van der Waals surface area contributed by atoms with Crippen molar-refractivity contribution >= 4 is 27.6 Å². The first-order chi connectivity index (χ1) is 13.7. The number of hydrogen-bond donors (Lipinski definition) is 1. The minimum Gasteiger partial charge on any atom is -0.497 e. The lowest BCUT2D eigenvalue weighted by Crippen LogP contribution is -2.41. The molecule has 1 atom stereocenters. The fraction of sp³-hybridized carbons (Fsp3) is 0.364. The number of carbonyl (C=O) groups excluding carboxylic acids is 1. The van der Waals surface area contributed by atoms with Crippen LogP contribution in [0.5, 0.6) is 5.75 Å². The van der Waals surface area contributed by atoms with Crippen molar-refractivity contribution in [2.45, 2.75) is 38.3 Å². The normalized spacial score (nSPS) is 17.3. The van der Waals surface area contributed by atoms with Gasteiger partial charge in [-0.25, -0.2) is 9.78 Å². The zero-order valence-corrected chi connectivity index (χ0v) is 16.9. The van der Waals surface area contributed by atoms with Gasteiger partial charge in [0, 0.05) is 6.54 Å². The summed E-state index contributed by atoms with van der Waals surface area (Å²) in [7, 11) is 1.67. The van der Waals surface area contributed by atoms with E-state index < -0.39 is 0 Å². The van der Waals surface area contributed by atoms with Gasteiger partial charge in [-0.1, -0.05) is 37.1 Å². The molecule has 1 fully saturated rings. The number of rotatable bonds is 4. The zero-order chi connectivity index (χ0) is 19.3. The maximum absolute atomic E-state index is 13.0. The topological polar surface area (TPSA) is 54.5 Å². The highest BCUT2D eigenvalue weighted by molar-refractivity contribution is 7.18. The van der Waals surface area contributed by atoms with Crippen LogP contribution in [-0.4, -0.2) is 29.6 Å². The number of methoxy groups -OCH3 is 1. The van der Waals surface area contributed by atoms with Crippen LogP contribution >= 0.6 is 11.3 Å². The number of benzene rings is 2. The fourth-order valence-corrected chi connectivity index (χ4v) is 4.68. The van der Waals surface area contributed by atoms with E-state index in [1.165, 1.54) is 0 Å². The van der Waals surface area contributed by atoms with Gasteiger partial charge in [-0.2, -0.15) is 0 Å². The van der Waals surface area contributed by atoms with Crippen molar-refractivity contribution in [3.63, 3.8) is 0 Å². The quantitative estimate of drug-likeness (QED) is 0.666. The van der Waals surface area contributed by atoms with Crippen molar-refractivity contribution in [2.24, 2.45) is 0 Å². The monoisotopic (exact) mass is 395 g/mol. The first-order valence-corrected chi connectivity index (χ1v) is 10.6.